The molecular formula is C25H23NO4. The van der Waals surface area contributed by atoms with E-state index in [1.54, 1.807) is 48.5 Å². The predicted octanol–water partition coefficient (Wildman–Crippen LogP) is 3.53. The highest BCUT2D eigenvalue weighted by Crippen LogP contribution is 2.39. The van der Waals surface area contributed by atoms with Gasteiger partial charge in [0.25, 0.3) is 5.91 Å². The molecule has 2 atom stereocenters. The topological polar surface area (TPSA) is 66.8 Å². The first-order chi connectivity index (χ1) is 14.6. The van der Waals surface area contributed by atoms with Crippen LogP contribution >= 0.6 is 0 Å². The second-order valence-electron chi connectivity index (χ2n) is 7.40. The maximum Gasteiger partial charge on any atom is 0.332 e. The van der Waals surface area contributed by atoms with E-state index in [4.69, 9.17) is 4.74 Å². The number of benzene rings is 3. The van der Waals surface area contributed by atoms with E-state index >= 15 is 0 Å². The number of aliphatic hydroxyl groups is 1. The summed E-state index contributed by atoms with van der Waals surface area (Å²) in [7, 11) is 0. The Hall–Kier alpha value is -3.44. The summed E-state index contributed by atoms with van der Waals surface area (Å²) in [6, 6.07) is 26.0. The predicted molar refractivity (Wildman–Crippen MR) is 112 cm³/mol. The third-order valence-electron chi connectivity index (χ3n) is 5.50. The van der Waals surface area contributed by atoms with Crippen molar-refractivity contribution < 1.29 is 19.4 Å². The lowest BCUT2D eigenvalue weighted by molar-refractivity contribution is -0.157. The van der Waals surface area contributed by atoms with E-state index in [1.807, 2.05) is 42.5 Å². The van der Waals surface area contributed by atoms with Crippen LogP contribution < -0.4 is 0 Å². The molecule has 2 unspecified atom stereocenters. The third kappa shape index (κ3) is 3.84. The van der Waals surface area contributed by atoms with E-state index in [2.05, 4.69) is 0 Å². The fraction of sp³-hybridized carbons (Fsp3) is 0.200. The number of amides is 1. The van der Waals surface area contributed by atoms with Crippen LogP contribution in [0.25, 0.3) is 0 Å². The van der Waals surface area contributed by atoms with Gasteiger partial charge in [-0.1, -0.05) is 78.9 Å². The summed E-state index contributed by atoms with van der Waals surface area (Å²) in [4.78, 5) is 27.8. The maximum atomic E-state index is 13.2. The quantitative estimate of drug-likeness (QED) is 0.664. The lowest BCUT2D eigenvalue weighted by Crippen LogP contribution is -2.51. The van der Waals surface area contributed by atoms with Gasteiger partial charge in [-0.2, -0.15) is 0 Å². The van der Waals surface area contributed by atoms with Gasteiger partial charge in [-0.15, -0.1) is 0 Å². The van der Waals surface area contributed by atoms with Gasteiger partial charge in [0, 0.05) is 18.5 Å². The van der Waals surface area contributed by atoms with Crippen LogP contribution in [0.3, 0.4) is 0 Å². The number of ether oxygens (including phenoxy) is 1. The molecule has 0 aliphatic carbocycles. The summed E-state index contributed by atoms with van der Waals surface area (Å²) >= 11 is 0. The number of likely N-dealkylation sites (tertiary alicyclic amines) is 1. The highest BCUT2D eigenvalue weighted by molar-refractivity contribution is 5.97. The van der Waals surface area contributed by atoms with E-state index in [-0.39, 0.29) is 25.5 Å². The molecule has 0 bridgehead atoms. The molecule has 1 heterocycles. The minimum absolute atomic E-state index is 0.0778. The molecule has 5 heteroatoms. The Bertz CT molecular complexity index is 1010. The molecule has 152 valence electrons. The van der Waals surface area contributed by atoms with Crippen molar-refractivity contribution in [3.8, 4) is 0 Å². The van der Waals surface area contributed by atoms with Gasteiger partial charge in [0.1, 0.15) is 12.2 Å². The molecule has 1 aliphatic heterocycles. The average Bonchev–Trinajstić information content (AvgIpc) is 3.17. The van der Waals surface area contributed by atoms with Crippen molar-refractivity contribution in [3.63, 3.8) is 0 Å². The highest BCUT2D eigenvalue weighted by atomic mass is 16.5. The van der Waals surface area contributed by atoms with Gasteiger partial charge in [0.15, 0.2) is 6.04 Å². The number of hydrogen-bond donors (Lipinski definition) is 1. The van der Waals surface area contributed by atoms with Crippen LogP contribution in [0.2, 0.25) is 0 Å². The minimum Gasteiger partial charge on any atom is -0.459 e. The van der Waals surface area contributed by atoms with E-state index < -0.39 is 17.6 Å². The van der Waals surface area contributed by atoms with Crippen LogP contribution in [0, 0.1) is 0 Å². The maximum absolute atomic E-state index is 13.2. The first-order valence-corrected chi connectivity index (χ1v) is 9.94. The van der Waals surface area contributed by atoms with E-state index in [1.165, 1.54) is 4.90 Å². The Balaban J connectivity index is 1.64. The molecular weight excluding hydrogens is 378 g/mol. The molecule has 0 aromatic heterocycles. The van der Waals surface area contributed by atoms with Crippen LogP contribution in [0.4, 0.5) is 0 Å². The van der Waals surface area contributed by atoms with E-state index in [0.29, 0.717) is 11.1 Å². The minimum atomic E-state index is -1.51. The molecule has 5 nitrogen and oxygen atoms in total. The third-order valence-corrected chi connectivity index (χ3v) is 5.50. The average molecular weight is 401 g/mol. The van der Waals surface area contributed by atoms with Crippen molar-refractivity contribution in [2.45, 2.75) is 24.7 Å². The van der Waals surface area contributed by atoms with Gasteiger partial charge >= 0.3 is 5.97 Å². The van der Waals surface area contributed by atoms with Crippen molar-refractivity contribution in [1.82, 2.24) is 4.90 Å². The smallest absolute Gasteiger partial charge is 0.332 e. The first kappa shape index (κ1) is 19.9. The summed E-state index contributed by atoms with van der Waals surface area (Å²) in [5.74, 6) is -0.920. The summed E-state index contributed by atoms with van der Waals surface area (Å²) in [6.45, 7) is 0.332. The largest absolute Gasteiger partial charge is 0.459 e. The van der Waals surface area contributed by atoms with Crippen molar-refractivity contribution in [1.29, 1.82) is 0 Å². The second kappa shape index (κ2) is 8.51. The molecule has 3 aromatic rings. The molecule has 1 aliphatic rings. The monoisotopic (exact) mass is 401 g/mol. The molecule has 0 radical (unpaired) electrons. The molecule has 30 heavy (non-hydrogen) atoms. The van der Waals surface area contributed by atoms with Crippen molar-refractivity contribution in [2.24, 2.45) is 0 Å². The van der Waals surface area contributed by atoms with Crippen LogP contribution in [-0.2, 0) is 21.7 Å². The molecule has 1 amide bonds. The summed E-state index contributed by atoms with van der Waals surface area (Å²) in [5.41, 5.74) is 0.387. The van der Waals surface area contributed by atoms with Gasteiger partial charge in [-0.25, -0.2) is 4.79 Å². The van der Waals surface area contributed by atoms with Crippen LogP contribution in [0.5, 0.6) is 0 Å². The van der Waals surface area contributed by atoms with Gasteiger partial charge in [0.05, 0.1) is 0 Å². The van der Waals surface area contributed by atoms with Crippen molar-refractivity contribution in [2.75, 3.05) is 6.54 Å². The molecule has 1 fully saturated rings. The van der Waals surface area contributed by atoms with Crippen molar-refractivity contribution >= 4 is 11.9 Å². The lowest BCUT2D eigenvalue weighted by Gasteiger charge is -2.32. The Morgan fingerprint density at radius 2 is 1.47 bits per heavy atom. The lowest BCUT2D eigenvalue weighted by atomic mass is 9.86. The Morgan fingerprint density at radius 3 is 2.10 bits per heavy atom. The summed E-state index contributed by atoms with van der Waals surface area (Å²) < 4.78 is 5.55. The van der Waals surface area contributed by atoms with Gasteiger partial charge in [-0.05, 0) is 23.3 Å². The van der Waals surface area contributed by atoms with E-state index in [9.17, 15) is 14.7 Å². The SMILES string of the molecule is O=C(OCc1ccccc1)C1N(C(=O)c2ccccc2)CCC1(O)c1ccccc1. The molecule has 1 N–H and O–H groups in total. The molecule has 4 rings (SSSR count). The Morgan fingerprint density at radius 1 is 0.900 bits per heavy atom. The van der Waals surface area contributed by atoms with Gasteiger partial charge in [-0.3, -0.25) is 4.79 Å². The number of rotatable bonds is 5. The fourth-order valence-electron chi connectivity index (χ4n) is 3.94. The number of carbonyl (C=O) groups is 2. The molecule has 0 spiro atoms. The number of esters is 1. The normalized spacial score (nSPS) is 20.7. The fourth-order valence-corrected chi connectivity index (χ4v) is 3.94. The molecule has 0 saturated carbocycles. The van der Waals surface area contributed by atoms with E-state index in [0.717, 1.165) is 5.56 Å². The van der Waals surface area contributed by atoms with Crippen LogP contribution in [-0.4, -0.2) is 34.5 Å². The first-order valence-electron chi connectivity index (χ1n) is 9.94. The number of nitrogens with zero attached hydrogens (tertiary/aromatic N) is 1. The highest BCUT2D eigenvalue weighted by Gasteiger charge is 2.54. The Kier molecular flexibility index (Phi) is 5.63. The molecule has 1 saturated heterocycles. The Labute approximate surface area is 175 Å². The summed E-state index contributed by atoms with van der Waals surface area (Å²) in [6.07, 6.45) is 0.251. The molecule has 3 aromatic carbocycles. The van der Waals surface area contributed by atoms with Crippen molar-refractivity contribution in [3.05, 3.63) is 108 Å². The van der Waals surface area contributed by atoms with Crippen LogP contribution in [0.1, 0.15) is 27.9 Å². The number of carbonyl (C=O) groups excluding carboxylic acids is 2. The number of hydrogen-bond acceptors (Lipinski definition) is 4. The second-order valence-corrected chi connectivity index (χ2v) is 7.40. The van der Waals surface area contributed by atoms with Gasteiger partial charge in [0.2, 0.25) is 0 Å². The standard InChI is InChI=1S/C25H23NO4/c27-23(20-12-6-2-7-13-20)26-17-16-25(29,21-14-8-3-9-15-21)22(26)24(28)30-18-19-10-4-1-5-11-19/h1-15,22,29H,16-18H2. The van der Waals surface area contributed by atoms with Crippen LogP contribution in [0.15, 0.2) is 91.0 Å². The zero-order valence-electron chi connectivity index (χ0n) is 16.5. The summed E-state index contributed by atoms with van der Waals surface area (Å²) in [5, 5.41) is 11.6. The zero-order valence-corrected chi connectivity index (χ0v) is 16.5. The van der Waals surface area contributed by atoms with Gasteiger partial charge < -0.3 is 14.7 Å². The zero-order chi connectivity index (χ0) is 21.0.